The molecule has 3 nitrogen and oxygen atoms in total. The predicted molar refractivity (Wildman–Crippen MR) is 73.6 cm³/mol. The van der Waals surface area contributed by atoms with Crippen LogP contribution in [-0.4, -0.2) is 17.1 Å². The van der Waals surface area contributed by atoms with Gasteiger partial charge in [0.1, 0.15) is 6.04 Å². The van der Waals surface area contributed by atoms with Crippen molar-refractivity contribution in [1.29, 1.82) is 0 Å². The summed E-state index contributed by atoms with van der Waals surface area (Å²) in [6.07, 6.45) is 4.17. The van der Waals surface area contributed by atoms with E-state index in [0.29, 0.717) is 0 Å². The number of rotatable bonds is 8. The Morgan fingerprint density at radius 3 is 2.17 bits per heavy atom. The first-order valence-corrected chi connectivity index (χ1v) is 6.72. The molecule has 1 atom stereocenters. The zero-order valence-corrected chi connectivity index (χ0v) is 11.2. The summed E-state index contributed by atoms with van der Waals surface area (Å²) < 4.78 is 0. The molecule has 1 rings (SSSR count). The Bertz CT molecular complexity index is 345. The lowest BCUT2D eigenvalue weighted by Crippen LogP contribution is -2.37. The molecule has 0 aliphatic rings. The Kier molecular flexibility index (Phi) is 6.44. The first-order valence-electron chi connectivity index (χ1n) is 6.72. The average Bonchev–Trinajstić information content (AvgIpc) is 2.37. The van der Waals surface area contributed by atoms with Crippen molar-refractivity contribution in [2.24, 2.45) is 0 Å². The molecule has 0 saturated heterocycles. The summed E-state index contributed by atoms with van der Waals surface area (Å²) in [7, 11) is 0. The van der Waals surface area contributed by atoms with E-state index >= 15 is 0 Å². The molecule has 0 bridgehead atoms. The van der Waals surface area contributed by atoms with Gasteiger partial charge in [0.2, 0.25) is 0 Å². The second-order valence-electron chi connectivity index (χ2n) is 4.62. The van der Waals surface area contributed by atoms with Gasteiger partial charge in [-0.05, 0) is 18.4 Å². The molecule has 0 aliphatic heterocycles. The summed E-state index contributed by atoms with van der Waals surface area (Å²) in [5.74, 6) is -0.807. The van der Waals surface area contributed by atoms with Crippen LogP contribution >= 0.6 is 0 Å². The Balaban J connectivity index is 2.76. The van der Waals surface area contributed by atoms with Crippen molar-refractivity contribution in [3.05, 3.63) is 35.9 Å². The van der Waals surface area contributed by atoms with E-state index in [4.69, 9.17) is 0 Å². The number of carbonyl (C=O) groups is 1. The van der Waals surface area contributed by atoms with Gasteiger partial charge < -0.3 is 5.11 Å². The van der Waals surface area contributed by atoms with Gasteiger partial charge in [0, 0.05) is 6.04 Å². The Morgan fingerprint density at radius 1 is 1.17 bits per heavy atom. The molecule has 1 aromatic carbocycles. The summed E-state index contributed by atoms with van der Waals surface area (Å²) in [5, 5.41) is 12.6. The molecule has 0 aromatic heterocycles. The van der Waals surface area contributed by atoms with Gasteiger partial charge in [-0.15, -0.1) is 0 Å². The van der Waals surface area contributed by atoms with E-state index < -0.39 is 12.0 Å². The van der Waals surface area contributed by atoms with Crippen molar-refractivity contribution in [2.75, 3.05) is 0 Å². The molecule has 0 saturated carbocycles. The third-order valence-electron chi connectivity index (χ3n) is 3.06. The maximum absolute atomic E-state index is 11.4. The lowest BCUT2D eigenvalue weighted by atomic mass is 10.0. The molecule has 0 aliphatic carbocycles. The number of benzene rings is 1. The largest absolute Gasteiger partial charge is 0.480 e. The summed E-state index contributed by atoms with van der Waals surface area (Å²) >= 11 is 0. The lowest BCUT2D eigenvalue weighted by molar-refractivity contribution is -0.140. The highest BCUT2D eigenvalue weighted by Crippen LogP contribution is 2.16. The summed E-state index contributed by atoms with van der Waals surface area (Å²) in [5.41, 5.74) is 0.821. The number of hydrogen-bond acceptors (Lipinski definition) is 2. The fourth-order valence-electron chi connectivity index (χ4n) is 2.20. The monoisotopic (exact) mass is 249 g/mol. The van der Waals surface area contributed by atoms with Crippen molar-refractivity contribution in [3.8, 4) is 0 Å². The molecule has 2 N–H and O–H groups in total. The topological polar surface area (TPSA) is 49.3 Å². The first kappa shape index (κ1) is 14.7. The third-order valence-corrected chi connectivity index (χ3v) is 3.06. The maximum atomic E-state index is 11.4. The predicted octanol–water partition coefficient (Wildman–Crippen LogP) is 3.37. The molecule has 18 heavy (non-hydrogen) atoms. The van der Waals surface area contributed by atoms with E-state index in [1.54, 1.807) is 0 Å². The minimum Gasteiger partial charge on any atom is -0.480 e. The quantitative estimate of drug-likeness (QED) is 0.742. The molecule has 0 fully saturated rings. The molecule has 0 heterocycles. The van der Waals surface area contributed by atoms with Gasteiger partial charge in [-0.2, -0.15) is 0 Å². The average molecular weight is 249 g/mol. The van der Waals surface area contributed by atoms with Crippen LogP contribution in [0.1, 0.15) is 51.1 Å². The smallest absolute Gasteiger partial charge is 0.325 e. The Hall–Kier alpha value is -1.35. The first-order chi connectivity index (χ1) is 8.69. The summed E-state index contributed by atoms with van der Waals surface area (Å²) in [6.45, 7) is 4.26. The van der Waals surface area contributed by atoms with Crippen molar-refractivity contribution in [3.63, 3.8) is 0 Å². The van der Waals surface area contributed by atoms with Crippen LogP contribution in [0.25, 0.3) is 0 Å². The van der Waals surface area contributed by atoms with Gasteiger partial charge in [-0.1, -0.05) is 57.0 Å². The van der Waals surface area contributed by atoms with Crippen LogP contribution in [0.4, 0.5) is 0 Å². The van der Waals surface area contributed by atoms with Crippen molar-refractivity contribution < 1.29 is 9.90 Å². The number of hydrogen-bond donors (Lipinski definition) is 2. The van der Waals surface area contributed by atoms with Crippen LogP contribution in [-0.2, 0) is 4.79 Å². The van der Waals surface area contributed by atoms with Gasteiger partial charge >= 0.3 is 5.97 Å². The second kappa shape index (κ2) is 7.88. The van der Waals surface area contributed by atoms with E-state index in [2.05, 4.69) is 19.2 Å². The molecule has 3 heteroatoms. The molecule has 0 radical (unpaired) electrons. The normalized spacial score (nSPS) is 12.6. The minimum absolute atomic E-state index is 0.279. The maximum Gasteiger partial charge on any atom is 0.325 e. The zero-order chi connectivity index (χ0) is 13.4. The number of nitrogens with one attached hydrogen (secondary N) is 1. The van der Waals surface area contributed by atoms with Gasteiger partial charge in [-0.25, -0.2) is 0 Å². The van der Waals surface area contributed by atoms with E-state index in [0.717, 1.165) is 31.2 Å². The highest BCUT2D eigenvalue weighted by atomic mass is 16.4. The van der Waals surface area contributed by atoms with Crippen LogP contribution in [0.5, 0.6) is 0 Å². The van der Waals surface area contributed by atoms with Gasteiger partial charge in [-0.3, -0.25) is 10.1 Å². The van der Waals surface area contributed by atoms with Crippen molar-refractivity contribution in [2.45, 2.75) is 51.6 Å². The molecule has 0 amide bonds. The number of carboxylic acid groups (broad SMARTS) is 1. The van der Waals surface area contributed by atoms with E-state index in [1.807, 2.05) is 30.3 Å². The number of aliphatic carboxylic acids is 1. The minimum atomic E-state index is -0.807. The summed E-state index contributed by atoms with van der Waals surface area (Å²) in [6, 6.07) is 9.05. The lowest BCUT2D eigenvalue weighted by Gasteiger charge is -2.23. The summed E-state index contributed by atoms with van der Waals surface area (Å²) in [4.78, 5) is 11.4. The Labute approximate surface area is 109 Å². The van der Waals surface area contributed by atoms with E-state index in [-0.39, 0.29) is 6.04 Å². The molecule has 1 unspecified atom stereocenters. The van der Waals surface area contributed by atoms with Crippen molar-refractivity contribution in [1.82, 2.24) is 5.32 Å². The van der Waals surface area contributed by atoms with Crippen LogP contribution in [0, 0.1) is 0 Å². The van der Waals surface area contributed by atoms with Crippen LogP contribution < -0.4 is 5.32 Å². The second-order valence-corrected chi connectivity index (χ2v) is 4.62. The molecule has 100 valence electrons. The molecule has 0 spiro atoms. The SMILES string of the molecule is CCCC(CCC)NC(C(=O)O)c1ccccc1. The third kappa shape index (κ3) is 4.49. The van der Waals surface area contributed by atoms with Gasteiger partial charge in [0.15, 0.2) is 0 Å². The zero-order valence-electron chi connectivity index (χ0n) is 11.2. The van der Waals surface area contributed by atoms with E-state index in [1.165, 1.54) is 0 Å². The van der Waals surface area contributed by atoms with E-state index in [9.17, 15) is 9.90 Å². The van der Waals surface area contributed by atoms with Crippen molar-refractivity contribution >= 4 is 5.97 Å². The van der Waals surface area contributed by atoms with Crippen LogP contribution in [0.3, 0.4) is 0 Å². The highest BCUT2D eigenvalue weighted by Gasteiger charge is 2.22. The fourth-order valence-corrected chi connectivity index (χ4v) is 2.20. The molecular weight excluding hydrogens is 226 g/mol. The fraction of sp³-hybridized carbons (Fsp3) is 0.533. The van der Waals surface area contributed by atoms with Gasteiger partial charge in [0.25, 0.3) is 0 Å². The van der Waals surface area contributed by atoms with Crippen LogP contribution in [0.15, 0.2) is 30.3 Å². The molecule has 1 aromatic rings. The number of carboxylic acids is 1. The highest BCUT2D eigenvalue weighted by molar-refractivity contribution is 5.75. The van der Waals surface area contributed by atoms with Crippen LogP contribution in [0.2, 0.25) is 0 Å². The van der Waals surface area contributed by atoms with Gasteiger partial charge in [0.05, 0.1) is 0 Å². The molecular formula is C15H23NO2. The standard InChI is InChI=1S/C15H23NO2/c1-3-8-13(9-4-2)16-14(15(17)18)12-10-6-5-7-11-12/h5-7,10-11,13-14,16H,3-4,8-9H2,1-2H3,(H,17,18). The Morgan fingerprint density at radius 2 is 1.72 bits per heavy atom.